The summed E-state index contributed by atoms with van der Waals surface area (Å²) in [6, 6.07) is 8.91. The summed E-state index contributed by atoms with van der Waals surface area (Å²) in [5, 5.41) is 3.43. The molecular weight excluding hydrogens is 426 g/mol. The van der Waals surface area contributed by atoms with Crippen LogP contribution in [0.2, 0.25) is 0 Å². The maximum atomic E-state index is 14.1. The van der Waals surface area contributed by atoms with Gasteiger partial charge >= 0.3 is 0 Å². The predicted octanol–water partition coefficient (Wildman–Crippen LogP) is 5.06. The Labute approximate surface area is 194 Å². The highest BCUT2D eigenvalue weighted by Gasteiger charge is 2.24. The van der Waals surface area contributed by atoms with Gasteiger partial charge in [-0.05, 0) is 64.4 Å². The molecule has 2 aromatic rings. The van der Waals surface area contributed by atoms with Crippen LogP contribution in [0.5, 0.6) is 11.5 Å². The SMILES string of the molecule is CCOc1cc(OCC)cc(C(=O)N(C/C(C)=C/c2ccc(F)cc2F)C[C@H]2CCCN2)c1. The lowest BCUT2D eigenvalue weighted by Gasteiger charge is -2.27. The van der Waals surface area contributed by atoms with Gasteiger partial charge in [0.2, 0.25) is 0 Å². The number of halogens is 2. The van der Waals surface area contributed by atoms with E-state index in [1.165, 1.54) is 12.1 Å². The van der Waals surface area contributed by atoms with Gasteiger partial charge in [0, 0.05) is 42.4 Å². The number of benzene rings is 2. The standard InChI is InChI=1S/C26H32F2N2O3/c1-4-32-23-12-20(13-24(15-23)33-5-2)26(31)30(17-22-7-6-10-29-22)16-18(3)11-19-8-9-21(27)14-25(19)28/h8-9,11-15,22,29H,4-7,10,16-17H2,1-3H3/b18-11+/t22-/m1/s1. The Morgan fingerprint density at radius 3 is 2.39 bits per heavy atom. The molecule has 0 aliphatic carbocycles. The van der Waals surface area contributed by atoms with Crippen molar-refractivity contribution in [3.63, 3.8) is 0 Å². The second-order valence-corrected chi connectivity index (χ2v) is 8.19. The van der Waals surface area contributed by atoms with Crippen LogP contribution in [-0.2, 0) is 0 Å². The minimum Gasteiger partial charge on any atom is -0.494 e. The third-order valence-electron chi connectivity index (χ3n) is 5.44. The normalized spacial score (nSPS) is 16.0. The Kier molecular flexibility index (Phi) is 8.83. The summed E-state index contributed by atoms with van der Waals surface area (Å²) in [5.74, 6) is -0.252. The number of nitrogens with one attached hydrogen (secondary N) is 1. The molecule has 0 radical (unpaired) electrons. The molecule has 0 aromatic heterocycles. The van der Waals surface area contributed by atoms with E-state index in [1.54, 1.807) is 29.2 Å². The monoisotopic (exact) mass is 458 g/mol. The molecule has 1 amide bonds. The molecule has 7 heteroatoms. The van der Waals surface area contributed by atoms with Crippen LogP contribution < -0.4 is 14.8 Å². The van der Waals surface area contributed by atoms with Crippen molar-refractivity contribution in [3.8, 4) is 11.5 Å². The van der Waals surface area contributed by atoms with Crippen molar-refractivity contribution in [3.05, 3.63) is 64.7 Å². The van der Waals surface area contributed by atoms with Gasteiger partial charge in [0.25, 0.3) is 5.91 Å². The summed E-state index contributed by atoms with van der Waals surface area (Å²) in [4.78, 5) is 15.3. The van der Waals surface area contributed by atoms with Gasteiger partial charge in [0.1, 0.15) is 23.1 Å². The Bertz CT molecular complexity index is 963. The second kappa shape index (κ2) is 11.8. The molecule has 1 fully saturated rings. The summed E-state index contributed by atoms with van der Waals surface area (Å²) in [5.41, 5.74) is 1.55. The van der Waals surface area contributed by atoms with Crippen LogP contribution in [0.15, 0.2) is 42.0 Å². The van der Waals surface area contributed by atoms with Crippen molar-refractivity contribution in [1.82, 2.24) is 10.2 Å². The van der Waals surface area contributed by atoms with Gasteiger partial charge in [-0.3, -0.25) is 4.79 Å². The first-order valence-corrected chi connectivity index (χ1v) is 11.4. The van der Waals surface area contributed by atoms with E-state index in [4.69, 9.17) is 9.47 Å². The van der Waals surface area contributed by atoms with Gasteiger partial charge in [-0.25, -0.2) is 8.78 Å². The lowest BCUT2D eigenvalue weighted by molar-refractivity contribution is 0.0756. The first-order valence-electron chi connectivity index (χ1n) is 11.4. The molecule has 1 saturated heterocycles. The molecule has 5 nitrogen and oxygen atoms in total. The Morgan fingerprint density at radius 2 is 1.82 bits per heavy atom. The fourth-order valence-corrected chi connectivity index (χ4v) is 4.01. The molecule has 1 atom stereocenters. The number of carbonyl (C=O) groups excluding carboxylic acids is 1. The molecule has 0 spiro atoms. The number of ether oxygens (including phenoxy) is 2. The summed E-state index contributed by atoms with van der Waals surface area (Å²) in [7, 11) is 0. The summed E-state index contributed by atoms with van der Waals surface area (Å²) in [6.45, 7) is 8.33. The third-order valence-corrected chi connectivity index (χ3v) is 5.44. The first kappa shape index (κ1) is 24.7. The van der Waals surface area contributed by atoms with Crippen molar-refractivity contribution in [1.29, 1.82) is 0 Å². The van der Waals surface area contributed by atoms with Gasteiger partial charge in [-0.1, -0.05) is 11.6 Å². The highest BCUT2D eigenvalue weighted by Crippen LogP contribution is 2.25. The molecule has 0 saturated carbocycles. The van der Waals surface area contributed by atoms with Crippen LogP contribution in [0.1, 0.15) is 49.5 Å². The average Bonchev–Trinajstić information content (AvgIpc) is 3.28. The van der Waals surface area contributed by atoms with Crippen molar-refractivity contribution in [2.75, 3.05) is 32.8 Å². The molecule has 0 bridgehead atoms. The highest BCUT2D eigenvalue weighted by atomic mass is 19.1. The maximum absolute atomic E-state index is 14.1. The minimum atomic E-state index is -0.629. The van der Waals surface area contributed by atoms with E-state index < -0.39 is 11.6 Å². The molecule has 178 valence electrons. The zero-order chi connectivity index (χ0) is 23.8. The number of hydrogen-bond acceptors (Lipinski definition) is 4. The van der Waals surface area contributed by atoms with Crippen LogP contribution in [0.25, 0.3) is 6.08 Å². The van der Waals surface area contributed by atoms with E-state index in [0.29, 0.717) is 43.4 Å². The van der Waals surface area contributed by atoms with Crippen LogP contribution in [0.4, 0.5) is 8.78 Å². The van der Waals surface area contributed by atoms with Crippen molar-refractivity contribution >= 4 is 12.0 Å². The number of nitrogens with zero attached hydrogens (tertiary/aromatic N) is 1. The van der Waals surface area contributed by atoms with Crippen LogP contribution >= 0.6 is 0 Å². The zero-order valence-corrected chi connectivity index (χ0v) is 19.5. The third kappa shape index (κ3) is 7.02. The maximum Gasteiger partial charge on any atom is 0.254 e. The smallest absolute Gasteiger partial charge is 0.254 e. The van der Waals surface area contributed by atoms with Gasteiger partial charge in [0.05, 0.1) is 13.2 Å². The van der Waals surface area contributed by atoms with E-state index in [1.807, 2.05) is 20.8 Å². The van der Waals surface area contributed by atoms with E-state index in [9.17, 15) is 13.6 Å². The average molecular weight is 459 g/mol. The van der Waals surface area contributed by atoms with Crippen LogP contribution in [0.3, 0.4) is 0 Å². The van der Waals surface area contributed by atoms with Gasteiger partial charge in [-0.15, -0.1) is 0 Å². The van der Waals surface area contributed by atoms with Gasteiger partial charge in [-0.2, -0.15) is 0 Å². The number of rotatable bonds is 10. The molecule has 2 aromatic carbocycles. The van der Waals surface area contributed by atoms with Gasteiger partial charge < -0.3 is 19.7 Å². The lowest BCUT2D eigenvalue weighted by Crippen LogP contribution is -2.42. The fraction of sp³-hybridized carbons (Fsp3) is 0.423. The van der Waals surface area contributed by atoms with Crippen molar-refractivity contribution in [2.24, 2.45) is 0 Å². The van der Waals surface area contributed by atoms with Crippen LogP contribution in [0, 0.1) is 11.6 Å². The quantitative estimate of drug-likeness (QED) is 0.541. The molecular formula is C26H32F2N2O3. The Hall–Kier alpha value is -2.93. The number of amides is 1. The van der Waals surface area contributed by atoms with E-state index in [-0.39, 0.29) is 17.5 Å². The topological polar surface area (TPSA) is 50.8 Å². The predicted molar refractivity (Wildman–Crippen MR) is 126 cm³/mol. The first-order chi connectivity index (χ1) is 15.9. The van der Waals surface area contributed by atoms with Crippen molar-refractivity contribution < 1.29 is 23.0 Å². The molecule has 0 unspecified atom stereocenters. The minimum absolute atomic E-state index is 0.154. The summed E-state index contributed by atoms with van der Waals surface area (Å²) >= 11 is 0. The lowest BCUT2D eigenvalue weighted by atomic mass is 10.1. The Balaban J connectivity index is 1.88. The van der Waals surface area contributed by atoms with Crippen molar-refractivity contribution in [2.45, 2.75) is 39.7 Å². The zero-order valence-electron chi connectivity index (χ0n) is 19.5. The van der Waals surface area contributed by atoms with Crippen LogP contribution in [-0.4, -0.2) is 49.7 Å². The molecule has 1 aliphatic rings. The molecule has 1 N–H and O–H groups in total. The molecule has 33 heavy (non-hydrogen) atoms. The van der Waals surface area contributed by atoms with Gasteiger partial charge in [0.15, 0.2) is 0 Å². The molecule has 3 rings (SSSR count). The largest absolute Gasteiger partial charge is 0.494 e. The van der Waals surface area contributed by atoms with E-state index in [0.717, 1.165) is 31.0 Å². The fourth-order valence-electron chi connectivity index (χ4n) is 4.01. The van der Waals surface area contributed by atoms with E-state index in [2.05, 4.69) is 5.32 Å². The summed E-state index contributed by atoms with van der Waals surface area (Å²) in [6.07, 6.45) is 3.71. The summed E-state index contributed by atoms with van der Waals surface area (Å²) < 4.78 is 38.6. The molecule has 1 heterocycles. The second-order valence-electron chi connectivity index (χ2n) is 8.19. The Morgan fingerprint density at radius 1 is 1.12 bits per heavy atom. The highest BCUT2D eigenvalue weighted by molar-refractivity contribution is 5.95. The number of carbonyl (C=O) groups is 1. The van der Waals surface area contributed by atoms with E-state index >= 15 is 0 Å². The number of hydrogen-bond donors (Lipinski definition) is 1. The molecule has 1 aliphatic heterocycles.